The highest BCUT2D eigenvalue weighted by molar-refractivity contribution is 6.00. The summed E-state index contributed by atoms with van der Waals surface area (Å²) < 4.78 is 0. The molecule has 0 aliphatic heterocycles. The molecule has 0 atom stereocenters. The van der Waals surface area contributed by atoms with Crippen molar-refractivity contribution in [2.45, 2.75) is 13.8 Å². The number of benzene rings is 1. The molecular formula is C10H11NO3. The van der Waals surface area contributed by atoms with Crippen molar-refractivity contribution in [3.05, 3.63) is 34.4 Å². The van der Waals surface area contributed by atoms with Crippen molar-refractivity contribution in [3.63, 3.8) is 0 Å². The number of carbonyl (C=O) groups excluding carboxylic acids is 1. The van der Waals surface area contributed by atoms with Crippen molar-refractivity contribution in [2.75, 3.05) is 0 Å². The van der Waals surface area contributed by atoms with Crippen LogP contribution in [-0.2, 0) is 0 Å². The van der Waals surface area contributed by atoms with E-state index in [9.17, 15) is 9.59 Å². The van der Waals surface area contributed by atoms with E-state index in [-0.39, 0.29) is 5.56 Å². The summed E-state index contributed by atoms with van der Waals surface area (Å²) in [5.74, 6) is -1.65. The van der Waals surface area contributed by atoms with Crippen molar-refractivity contribution in [3.8, 4) is 0 Å². The maximum absolute atomic E-state index is 11.0. The van der Waals surface area contributed by atoms with Gasteiger partial charge in [-0.15, -0.1) is 0 Å². The zero-order valence-corrected chi connectivity index (χ0v) is 8.00. The summed E-state index contributed by atoms with van der Waals surface area (Å²) in [6.45, 7) is 3.30. The van der Waals surface area contributed by atoms with E-state index in [1.165, 1.54) is 6.07 Å². The van der Waals surface area contributed by atoms with Crippen LogP contribution in [0.2, 0.25) is 0 Å². The molecule has 0 fully saturated rings. The summed E-state index contributed by atoms with van der Waals surface area (Å²) in [4.78, 5) is 21.8. The van der Waals surface area contributed by atoms with Gasteiger partial charge >= 0.3 is 5.97 Å². The molecular weight excluding hydrogens is 182 g/mol. The topological polar surface area (TPSA) is 80.4 Å². The Morgan fingerprint density at radius 2 is 1.86 bits per heavy atom. The van der Waals surface area contributed by atoms with E-state index >= 15 is 0 Å². The third kappa shape index (κ3) is 1.59. The number of amides is 1. The summed E-state index contributed by atoms with van der Waals surface area (Å²) in [5.41, 5.74) is 6.68. The predicted octanol–water partition coefficient (Wildman–Crippen LogP) is 1.10. The first-order valence-electron chi connectivity index (χ1n) is 4.08. The number of nitrogens with two attached hydrogens (primary N) is 1. The molecule has 0 aromatic heterocycles. The minimum absolute atomic E-state index is 0.115. The molecule has 0 unspecified atom stereocenters. The van der Waals surface area contributed by atoms with Gasteiger partial charge in [0.15, 0.2) is 0 Å². The molecule has 0 heterocycles. The lowest BCUT2D eigenvalue weighted by molar-refractivity contribution is 0.0696. The number of hydrogen-bond donors (Lipinski definition) is 2. The van der Waals surface area contributed by atoms with Crippen molar-refractivity contribution >= 4 is 11.9 Å². The van der Waals surface area contributed by atoms with Crippen LogP contribution in [0.3, 0.4) is 0 Å². The van der Waals surface area contributed by atoms with Gasteiger partial charge < -0.3 is 10.8 Å². The first-order chi connectivity index (χ1) is 6.45. The summed E-state index contributed by atoms with van der Waals surface area (Å²) >= 11 is 0. The van der Waals surface area contributed by atoms with E-state index in [4.69, 9.17) is 10.8 Å². The maximum Gasteiger partial charge on any atom is 0.335 e. The summed E-state index contributed by atoms with van der Waals surface area (Å²) in [5, 5.41) is 8.81. The van der Waals surface area contributed by atoms with Gasteiger partial charge in [0.1, 0.15) is 0 Å². The van der Waals surface area contributed by atoms with Gasteiger partial charge in [0.25, 0.3) is 0 Å². The predicted molar refractivity (Wildman–Crippen MR) is 51.4 cm³/mol. The van der Waals surface area contributed by atoms with E-state index in [0.29, 0.717) is 16.7 Å². The minimum atomic E-state index is -1.05. The van der Waals surface area contributed by atoms with Crippen LogP contribution in [0, 0.1) is 13.8 Å². The molecule has 0 spiro atoms. The first-order valence-corrected chi connectivity index (χ1v) is 4.08. The van der Waals surface area contributed by atoms with Crippen LogP contribution in [0.15, 0.2) is 12.1 Å². The smallest absolute Gasteiger partial charge is 0.335 e. The van der Waals surface area contributed by atoms with Crippen LogP contribution < -0.4 is 5.73 Å². The molecule has 0 bridgehead atoms. The first kappa shape index (κ1) is 10.2. The van der Waals surface area contributed by atoms with Gasteiger partial charge in [-0.05, 0) is 31.0 Å². The Labute approximate surface area is 81.3 Å². The van der Waals surface area contributed by atoms with Crippen LogP contribution >= 0.6 is 0 Å². The molecule has 0 aliphatic carbocycles. The molecule has 3 N–H and O–H groups in total. The lowest BCUT2D eigenvalue weighted by Gasteiger charge is -2.08. The molecule has 0 saturated carbocycles. The second kappa shape index (κ2) is 3.49. The summed E-state index contributed by atoms with van der Waals surface area (Å²) in [7, 11) is 0. The number of carboxylic acid groups (broad SMARTS) is 1. The van der Waals surface area contributed by atoms with Crippen molar-refractivity contribution in [2.24, 2.45) is 5.73 Å². The fourth-order valence-corrected chi connectivity index (χ4v) is 1.46. The fourth-order valence-electron chi connectivity index (χ4n) is 1.46. The normalized spacial score (nSPS) is 9.86. The van der Waals surface area contributed by atoms with E-state index in [1.54, 1.807) is 19.9 Å². The van der Waals surface area contributed by atoms with E-state index in [1.807, 2.05) is 0 Å². The van der Waals surface area contributed by atoms with E-state index in [2.05, 4.69) is 0 Å². The average molecular weight is 193 g/mol. The zero-order valence-electron chi connectivity index (χ0n) is 8.00. The van der Waals surface area contributed by atoms with Gasteiger partial charge in [0.05, 0.1) is 5.56 Å². The summed E-state index contributed by atoms with van der Waals surface area (Å²) in [6, 6.07) is 3.05. The Kier molecular flexibility index (Phi) is 2.56. The van der Waals surface area contributed by atoms with Gasteiger partial charge in [0, 0.05) is 5.56 Å². The Morgan fingerprint density at radius 3 is 2.29 bits per heavy atom. The molecule has 14 heavy (non-hydrogen) atoms. The van der Waals surface area contributed by atoms with E-state index < -0.39 is 11.9 Å². The van der Waals surface area contributed by atoms with Crippen LogP contribution in [0.5, 0.6) is 0 Å². The second-order valence-electron chi connectivity index (χ2n) is 3.10. The minimum Gasteiger partial charge on any atom is -0.478 e. The van der Waals surface area contributed by atoms with Gasteiger partial charge in [-0.2, -0.15) is 0 Å². The number of carboxylic acids is 1. The lowest BCUT2D eigenvalue weighted by atomic mass is 9.97. The van der Waals surface area contributed by atoms with Gasteiger partial charge in [-0.1, -0.05) is 6.07 Å². The molecule has 4 nitrogen and oxygen atoms in total. The van der Waals surface area contributed by atoms with E-state index in [0.717, 1.165) is 0 Å². The molecule has 0 aliphatic rings. The molecule has 0 radical (unpaired) electrons. The van der Waals surface area contributed by atoms with Crippen molar-refractivity contribution in [1.29, 1.82) is 0 Å². The molecule has 0 saturated heterocycles. The van der Waals surface area contributed by atoms with Gasteiger partial charge in [-0.3, -0.25) is 4.79 Å². The standard InChI is InChI=1S/C10H11NO3/c1-5-3-4-7(10(13)14)6(2)8(5)9(11)12/h3-4H,1-2H3,(H2,11,12)(H,13,14). The Hall–Kier alpha value is -1.84. The number of hydrogen-bond acceptors (Lipinski definition) is 2. The van der Waals surface area contributed by atoms with Crippen LogP contribution in [-0.4, -0.2) is 17.0 Å². The molecule has 1 aromatic carbocycles. The van der Waals surface area contributed by atoms with Crippen molar-refractivity contribution in [1.82, 2.24) is 0 Å². The number of aryl methyl sites for hydroxylation is 1. The fraction of sp³-hybridized carbons (Fsp3) is 0.200. The van der Waals surface area contributed by atoms with Crippen LogP contribution in [0.4, 0.5) is 0 Å². The Morgan fingerprint density at radius 1 is 1.29 bits per heavy atom. The highest BCUT2D eigenvalue weighted by Crippen LogP contribution is 2.17. The quantitative estimate of drug-likeness (QED) is 0.738. The summed E-state index contributed by atoms with van der Waals surface area (Å²) in [6.07, 6.45) is 0. The monoisotopic (exact) mass is 193 g/mol. The Balaban J connectivity index is 3.49. The molecule has 1 amide bonds. The second-order valence-corrected chi connectivity index (χ2v) is 3.10. The van der Waals surface area contributed by atoms with Crippen molar-refractivity contribution < 1.29 is 14.7 Å². The third-order valence-electron chi connectivity index (χ3n) is 2.15. The molecule has 1 aromatic rings. The number of primary amides is 1. The SMILES string of the molecule is Cc1ccc(C(=O)O)c(C)c1C(N)=O. The number of rotatable bonds is 2. The molecule has 1 rings (SSSR count). The number of aromatic carboxylic acids is 1. The highest BCUT2D eigenvalue weighted by atomic mass is 16.4. The van der Waals surface area contributed by atoms with Crippen LogP contribution in [0.1, 0.15) is 31.8 Å². The largest absolute Gasteiger partial charge is 0.478 e. The molecule has 74 valence electrons. The van der Waals surface area contributed by atoms with Crippen LogP contribution in [0.25, 0.3) is 0 Å². The lowest BCUT2D eigenvalue weighted by Crippen LogP contribution is -2.16. The molecule has 4 heteroatoms. The highest BCUT2D eigenvalue weighted by Gasteiger charge is 2.15. The van der Waals surface area contributed by atoms with Gasteiger partial charge in [0.2, 0.25) is 5.91 Å². The van der Waals surface area contributed by atoms with Gasteiger partial charge in [-0.25, -0.2) is 4.79 Å². The maximum atomic E-state index is 11.0. The zero-order chi connectivity index (χ0) is 10.9. The Bertz CT molecular complexity index is 410. The number of carbonyl (C=O) groups is 2. The third-order valence-corrected chi connectivity index (χ3v) is 2.15. The average Bonchev–Trinajstić information content (AvgIpc) is 2.02.